The maximum atomic E-state index is 13.2. The molecule has 3 aromatic carbocycles. The number of nitrogens with one attached hydrogen (secondary N) is 3. The smallest absolute Gasteiger partial charge is 0.408 e. The van der Waals surface area contributed by atoms with Gasteiger partial charge in [-0.15, -0.1) is 0 Å². The molecule has 2 atom stereocenters. The first-order chi connectivity index (χ1) is 19.4. The van der Waals surface area contributed by atoms with E-state index >= 15 is 0 Å². The number of carbonyl (C=O) groups is 5. The van der Waals surface area contributed by atoms with Gasteiger partial charge in [-0.05, 0) is 34.7 Å². The molecule has 5 amide bonds. The number of imide groups is 1. The van der Waals surface area contributed by atoms with Crippen molar-refractivity contribution in [2.75, 3.05) is 0 Å². The fourth-order valence-corrected chi connectivity index (χ4v) is 4.86. The zero-order chi connectivity index (χ0) is 28.1. The summed E-state index contributed by atoms with van der Waals surface area (Å²) in [6, 6.07) is 21.6. The number of alkyl carbamates (subject to hydrolysis) is 1. The number of rotatable bonds is 8. The Hall–Kier alpha value is -4.99. The number of carbonyl (C=O) groups excluding carboxylic acids is 5. The van der Waals surface area contributed by atoms with Gasteiger partial charge in [-0.3, -0.25) is 24.5 Å². The molecule has 1 saturated heterocycles. The third kappa shape index (κ3) is 6.01. The van der Waals surface area contributed by atoms with Gasteiger partial charge in [0, 0.05) is 25.1 Å². The van der Waals surface area contributed by atoms with E-state index in [4.69, 9.17) is 4.74 Å². The van der Waals surface area contributed by atoms with Crippen molar-refractivity contribution in [2.45, 2.75) is 44.6 Å². The predicted octanol–water partition coefficient (Wildman–Crippen LogP) is 2.73. The standard InChI is InChI=1S/C30H28N4O6/c35-25-14-13-24(27(36)32-25)34-17-22-15-20(11-12-23(22)29(34)38)16-31-28(37)26(21-9-5-2-6-10-21)33-30(39)40-18-19-7-3-1-4-8-19/h1-12,15,24,26H,13-14,16-18H2,(H,31,37)(H,33,39)(H,32,35,36)/t24?,26-/m0/s1. The highest BCUT2D eigenvalue weighted by atomic mass is 16.5. The van der Waals surface area contributed by atoms with Gasteiger partial charge >= 0.3 is 6.09 Å². The summed E-state index contributed by atoms with van der Waals surface area (Å²) in [7, 11) is 0. The number of piperidine rings is 1. The van der Waals surface area contributed by atoms with Crippen LogP contribution in [0, 0.1) is 0 Å². The first kappa shape index (κ1) is 26.6. The largest absolute Gasteiger partial charge is 0.445 e. The molecule has 3 aromatic rings. The molecular formula is C30H28N4O6. The van der Waals surface area contributed by atoms with Gasteiger partial charge in [0.25, 0.3) is 5.91 Å². The van der Waals surface area contributed by atoms with E-state index in [2.05, 4.69) is 16.0 Å². The van der Waals surface area contributed by atoms with Gasteiger partial charge in [-0.2, -0.15) is 0 Å². The van der Waals surface area contributed by atoms with Gasteiger partial charge < -0.3 is 20.3 Å². The SMILES string of the molecule is O=C1CCC(N2Cc3cc(CNC(=O)[C@@H](NC(=O)OCc4ccccc4)c4ccccc4)ccc3C2=O)C(=O)N1. The second-order valence-corrected chi connectivity index (χ2v) is 9.66. The summed E-state index contributed by atoms with van der Waals surface area (Å²) in [5.74, 6) is -1.49. The Morgan fingerprint density at radius 3 is 2.40 bits per heavy atom. The van der Waals surface area contributed by atoms with Crippen molar-refractivity contribution in [3.63, 3.8) is 0 Å². The van der Waals surface area contributed by atoms with E-state index in [1.165, 1.54) is 4.90 Å². The molecule has 10 heteroatoms. The highest BCUT2D eigenvalue weighted by Crippen LogP contribution is 2.28. The van der Waals surface area contributed by atoms with Gasteiger partial charge in [0.05, 0.1) is 0 Å². The van der Waals surface area contributed by atoms with Gasteiger partial charge in [-0.25, -0.2) is 4.79 Å². The van der Waals surface area contributed by atoms with Crippen LogP contribution in [0.5, 0.6) is 0 Å². The van der Waals surface area contributed by atoms with Crippen LogP contribution in [0.4, 0.5) is 4.79 Å². The molecule has 0 saturated carbocycles. The molecule has 3 N–H and O–H groups in total. The lowest BCUT2D eigenvalue weighted by Gasteiger charge is -2.29. The molecule has 1 unspecified atom stereocenters. The van der Waals surface area contributed by atoms with Crippen molar-refractivity contribution in [2.24, 2.45) is 0 Å². The van der Waals surface area contributed by atoms with Crippen LogP contribution in [0.2, 0.25) is 0 Å². The molecule has 2 heterocycles. The summed E-state index contributed by atoms with van der Waals surface area (Å²) in [5.41, 5.74) is 3.40. The van der Waals surface area contributed by atoms with Crippen LogP contribution >= 0.6 is 0 Å². The lowest BCUT2D eigenvalue weighted by molar-refractivity contribution is -0.137. The van der Waals surface area contributed by atoms with Gasteiger partial charge in [-0.1, -0.05) is 72.8 Å². The monoisotopic (exact) mass is 540 g/mol. The van der Waals surface area contributed by atoms with E-state index < -0.39 is 30.0 Å². The van der Waals surface area contributed by atoms with Crippen LogP contribution in [0.25, 0.3) is 0 Å². The third-order valence-electron chi connectivity index (χ3n) is 6.92. The summed E-state index contributed by atoms with van der Waals surface area (Å²) < 4.78 is 5.31. The molecule has 10 nitrogen and oxygen atoms in total. The van der Waals surface area contributed by atoms with E-state index in [1.807, 2.05) is 42.5 Å². The lowest BCUT2D eigenvalue weighted by Crippen LogP contribution is -2.52. The van der Waals surface area contributed by atoms with Crippen LogP contribution in [0.15, 0.2) is 78.9 Å². The Labute approximate surface area is 230 Å². The normalized spacial score (nSPS) is 17.1. The Morgan fingerprint density at radius 1 is 0.950 bits per heavy atom. The molecule has 0 spiro atoms. The van der Waals surface area contributed by atoms with E-state index in [0.29, 0.717) is 11.1 Å². The van der Waals surface area contributed by atoms with Crippen LogP contribution in [0.1, 0.15) is 51.5 Å². The van der Waals surface area contributed by atoms with Crippen molar-refractivity contribution >= 4 is 29.7 Å². The van der Waals surface area contributed by atoms with Crippen LogP contribution in [0.3, 0.4) is 0 Å². The molecular weight excluding hydrogens is 512 g/mol. The van der Waals surface area contributed by atoms with E-state index in [0.717, 1.165) is 16.7 Å². The first-order valence-corrected chi connectivity index (χ1v) is 13.0. The average Bonchev–Trinajstić information content (AvgIpc) is 3.29. The second-order valence-electron chi connectivity index (χ2n) is 9.66. The van der Waals surface area contributed by atoms with E-state index in [1.54, 1.807) is 36.4 Å². The maximum absolute atomic E-state index is 13.2. The molecule has 2 aliphatic rings. The lowest BCUT2D eigenvalue weighted by atomic mass is 10.0. The molecule has 2 aliphatic heterocycles. The number of fused-ring (bicyclic) bond motifs is 1. The predicted molar refractivity (Wildman–Crippen MR) is 143 cm³/mol. The summed E-state index contributed by atoms with van der Waals surface area (Å²) in [4.78, 5) is 64.0. The van der Waals surface area contributed by atoms with E-state index in [9.17, 15) is 24.0 Å². The van der Waals surface area contributed by atoms with Crippen LogP contribution < -0.4 is 16.0 Å². The number of amides is 5. The maximum Gasteiger partial charge on any atom is 0.408 e. The molecule has 0 aromatic heterocycles. The van der Waals surface area contributed by atoms with Crippen molar-refractivity contribution in [3.8, 4) is 0 Å². The van der Waals surface area contributed by atoms with Crippen molar-refractivity contribution in [1.82, 2.24) is 20.9 Å². The molecule has 0 aliphatic carbocycles. The Bertz CT molecular complexity index is 1440. The van der Waals surface area contributed by atoms with Crippen molar-refractivity contribution in [3.05, 3.63) is 107 Å². The minimum Gasteiger partial charge on any atom is -0.445 e. The molecule has 0 bridgehead atoms. The minimum absolute atomic E-state index is 0.0689. The van der Waals surface area contributed by atoms with Gasteiger partial charge in [0.15, 0.2) is 0 Å². The zero-order valence-electron chi connectivity index (χ0n) is 21.6. The quantitative estimate of drug-likeness (QED) is 0.376. The fraction of sp³-hybridized carbons (Fsp3) is 0.233. The number of hydrogen-bond donors (Lipinski definition) is 3. The van der Waals surface area contributed by atoms with Crippen molar-refractivity contribution in [1.29, 1.82) is 0 Å². The average molecular weight is 541 g/mol. The van der Waals surface area contributed by atoms with Crippen LogP contribution in [-0.4, -0.2) is 40.7 Å². The molecule has 204 valence electrons. The van der Waals surface area contributed by atoms with Crippen LogP contribution in [-0.2, 0) is 38.8 Å². The van der Waals surface area contributed by atoms with E-state index in [-0.39, 0.29) is 44.4 Å². The second kappa shape index (κ2) is 11.8. The minimum atomic E-state index is -0.983. The number of nitrogens with zero attached hydrogens (tertiary/aromatic N) is 1. The zero-order valence-corrected chi connectivity index (χ0v) is 21.6. The summed E-state index contributed by atoms with van der Waals surface area (Å²) in [6.45, 7) is 0.464. The van der Waals surface area contributed by atoms with Gasteiger partial charge in [0.2, 0.25) is 17.7 Å². The highest BCUT2D eigenvalue weighted by Gasteiger charge is 2.39. The van der Waals surface area contributed by atoms with Gasteiger partial charge in [0.1, 0.15) is 18.7 Å². The van der Waals surface area contributed by atoms with Crippen molar-refractivity contribution < 1.29 is 28.7 Å². The number of hydrogen-bond acceptors (Lipinski definition) is 6. The molecule has 5 rings (SSSR count). The fourth-order valence-electron chi connectivity index (χ4n) is 4.86. The Balaban J connectivity index is 1.22. The topological polar surface area (TPSA) is 134 Å². The molecule has 0 radical (unpaired) electrons. The highest BCUT2D eigenvalue weighted by molar-refractivity contribution is 6.05. The Morgan fingerprint density at radius 2 is 1.68 bits per heavy atom. The number of benzene rings is 3. The summed E-state index contributed by atoms with van der Waals surface area (Å²) in [5, 5.41) is 7.80. The molecule has 1 fully saturated rings. The molecule has 40 heavy (non-hydrogen) atoms. The number of ether oxygens (including phenoxy) is 1. The summed E-state index contributed by atoms with van der Waals surface area (Å²) >= 11 is 0. The first-order valence-electron chi connectivity index (χ1n) is 13.0. The third-order valence-corrected chi connectivity index (χ3v) is 6.92. The summed E-state index contributed by atoms with van der Waals surface area (Å²) in [6.07, 6.45) is -0.253. The Kier molecular flexibility index (Phi) is 7.86.